The normalized spacial score (nSPS) is 40.2. The third kappa shape index (κ3) is 11.1. The maximum absolute atomic E-state index is 12.9. The van der Waals surface area contributed by atoms with E-state index in [1.54, 1.807) is 0 Å². The highest BCUT2D eigenvalue weighted by molar-refractivity contribution is 5.19. The highest BCUT2D eigenvalue weighted by Crippen LogP contribution is 2.72. The summed E-state index contributed by atoms with van der Waals surface area (Å²) in [6, 6.07) is 0. The zero-order valence-electron chi connectivity index (χ0n) is 30.1. The highest BCUT2D eigenvalue weighted by Gasteiger charge is 2.69. The molecule has 0 radical (unpaired) electrons. The van der Waals surface area contributed by atoms with Gasteiger partial charge in [0.15, 0.2) is 0 Å². The second-order valence-corrected chi connectivity index (χ2v) is 18.1. The molecule has 2 nitrogen and oxygen atoms in total. The van der Waals surface area contributed by atoms with Crippen LogP contribution >= 0.6 is 0 Å². The van der Waals surface area contributed by atoms with Crippen LogP contribution in [0.4, 0.5) is 22.0 Å². The molecule has 0 saturated heterocycles. The molecule has 2 bridgehead atoms. The lowest BCUT2D eigenvalue weighted by atomic mass is 9.39. The summed E-state index contributed by atoms with van der Waals surface area (Å²) < 4.78 is 61.3. The first-order chi connectivity index (χ1) is 19.6. The molecule has 1 atom stereocenters. The number of hydrogen-bond donors (Lipinski definition) is 2. The maximum Gasteiger partial charge on any atom is 0.251 e. The van der Waals surface area contributed by atoms with E-state index in [-0.39, 0.29) is 48.2 Å². The standard InChI is InChI=1S/C8H13F.2C8H16O.C7H12F2.C6H10F2/c1-6(2)7-3-8(9,4-7)5-7;2*1-6(2)7-4-8(3,9)5-7;1-5(2)6-3-7(8,9)4-6;1-4(2)5-3-6(5,7)8/h6H,3-5H2,1-2H3;2*6-7,9H,4-5H2,1-3H3;5-6H,3-4H2,1-2H3;4-5H,3H2,1-2H3. The SMILES string of the molecule is CC(C)C12CC(F)(C1)C2.CC(C)C1CC(C)(O)C1.CC(C)C1CC(C)(O)C1.CC(C)C1CC(F)(F)C1.CC(C)C1CC1(F)F. The molecular weight excluding hydrogens is 571 g/mol. The zero-order chi connectivity index (χ0) is 34.3. The van der Waals surface area contributed by atoms with E-state index in [0.717, 1.165) is 68.6 Å². The average molecular weight is 639 g/mol. The second-order valence-electron chi connectivity index (χ2n) is 18.1. The second kappa shape index (κ2) is 14.0. The fraction of sp³-hybridized carbons (Fsp3) is 1.00. The lowest BCUT2D eigenvalue weighted by Gasteiger charge is -2.68. The molecule has 7 rings (SSSR count). The minimum absolute atomic E-state index is 0.116. The highest BCUT2D eigenvalue weighted by atomic mass is 19.3. The molecule has 0 heterocycles. The van der Waals surface area contributed by atoms with E-state index in [9.17, 15) is 32.2 Å². The van der Waals surface area contributed by atoms with Crippen LogP contribution in [0.5, 0.6) is 0 Å². The first-order valence-corrected chi connectivity index (χ1v) is 17.5. The van der Waals surface area contributed by atoms with E-state index in [0.29, 0.717) is 17.3 Å². The van der Waals surface area contributed by atoms with Gasteiger partial charge in [-0.05, 0) is 112 Å². The number of rotatable bonds is 5. The van der Waals surface area contributed by atoms with Gasteiger partial charge in [-0.3, -0.25) is 0 Å². The van der Waals surface area contributed by atoms with E-state index >= 15 is 0 Å². The number of halogens is 5. The molecule has 262 valence electrons. The van der Waals surface area contributed by atoms with Crippen molar-refractivity contribution in [1.29, 1.82) is 0 Å². The fourth-order valence-corrected chi connectivity index (χ4v) is 7.57. The molecule has 0 aromatic rings. The van der Waals surface area contributed by atoms with Gasteiger partial charge in [0.25, 0.3) is 5.92 Å². The third-order valence-corrected chi connectivity index (χ3v) is 11.7. The molecular formula is C37H67F5O2. The predicted octanol–water partition coefficient (Wildman–Crippen LogP) is 11.1. The summed E-state index contributed by atoms with van der Waals surface area (Å²) >= 11 is 0. The average Bonchev–Trinajstić information content (AvgIpc) is 3.41. The Kier molecular flexibility index (Phi) is 12.6. The number of aliphatic hydroxyl groups is 2. The van der Waals surface area contributed by atoms with Crippen LogP contribution in [0.2, 0.25) is 0 Å². The zero-order valence-corrected chi connectivity index (χ0v) is 30.1. The Morgan fingerprint density at radius 3 is 0.864 bits per heavy atom. The fourth-order valence-electron chi connectivity index (χ4n) is 7.57. The van der Waals surface area contributed by atoms with Crippen molar-refractivity contribution in [1.82, 2.24) is 0 Å². The van der Waals surface area contributed by atoms with Gasteiger partial charge in [-0.25, -0.2) is 22.0 Å². The first-order valence-electron chi connectivity index (χ1n) is 17.5. The van der Waals surface area contributed by atoms with Crippen molar-refractivity contribution in [2.45, 2.75) is 176 Å². The molecule has 7 saturated carbocycles. The molecule has 7 fully saturated rings. The van der Waals surface area contributed by atoms with Crippen LogP contribution in [-0.2, 0) is 0 Å². The van der Waals surface area contributed by atoms with Crippen LogP contribution in [0.25, 0.3) is 0 Å². The lowest BCUT2D eigenvalue weighted by Crippen LogP contribution is -2.66. The largest absolute Gasteiger partial charge is 0.390 e. The molecule has 7 heteroatoms. The first kappa shape index (κ1) is 39.7. The van der Waals surface area contributed by atoms with Crippen LogP contribution in [0.15, 0.2) is 0 Å². The summed E-state index contributed by atoms with van der Waals surface area (Å²) in [6.45, 7) is 24.8. The molecule has 2 N–H and O–H groups in total. The Hall–Kier alpha value is -0.430. The van der Waals surface area contributed by atoms with Gasteiger partial charge >= 0.3 is 0 Å². The Morgan fingerprint density at radius 1 is 0.500 bits per heavy atom. The van der Waals surface area contributed by atoms with Crippen LogP contribution in [0, 0.1) is 58.7 Å². The topological polar surface area (TPSA) is 40.5 Å². The number of hydrogen-bond acceptors (Lipinski definition) is 2. The lowest BCUT2D eigenvalue weighted by molar-refractivity contribution is -0.236. The van der Waals surface area contributed by atoms with Crippen molar-refractivity contribution in [3.63, 3.8) is 0 Å². The van der Waals surface area contributed by atoms with Crippen molar-refractivity contribution >= 4 is 0 Å². The van der Waals surface area contributed by atoms with E-state index in [2.05, 4.69) is 41.5 Å². The molecule has 0 aliphatic heterocycles. The van der Waals surface area contributed by atoms with E-state index in [1.165, 1.54) is 0 Å². The summed E-state index contributed by atoms with van der Waals surface area (Å²) in [5, 5.41) is 18.7. The quantitative estimate of drug-likeness (QED) is 0.294. The van der Waals surface area contributed by atoms with Crippen molar-refractivity contribution in [2.75, 3.05) is 0 Å². The summed E-state index contributed by atoms with van der Waals surface area (Å²) in [7, 11) is 0. The minimum atomic E-state index is -2.32. The van der Waals surface area contributed by atoms with Crippen molar-refractivity contribution < 1.29 is 32.2 Å². The van der Waals surface area contributed by atoms with Gasteiger partial charge in [-0.15, -0.1) is 0 Å². The molecule has 1 unspecified atom stereocenters. The Balaban J connectivity index is 0.000000192. The van der Waals surface area contributed by atoms with E-state index in [4.69, 9.17) is 0 Å². The van der Waals surface area contributed by atoms with Gasteiger partial charge in [0, 0.05) is 25.2 Å². The molecule has 7 aliphatic carbocycles. The summed E-state index contributed by atoms with van der Waals surface area (Å²) in [6.07, 6.45) is 6.94. The van der Waals surface area contributed by atoms with E-state index < -0.39 is 17.5 Å². The Bertz CT molecular complexity index is 780. The molecule has 0 aromatic carbocycles. The van der Waals surface area contributed by atoms with Gasteiger partial charge in [0.1, 0.15) is 5.67 Å². The molecule has 0 spiro atoms. The molecule has 7 aliphatic rings. The Labute approximate surface area is 266 Å². The Morgan fingerprint density at radius 2 is 0.795 bits per heavy atom. The van der Waals surface area contributed by atoms with E-state index in [1.807, 2.05) is 41.5 Å². The van der Waals surface area contributed by atoms with Gasteiger partial charge in [0.2, 0.25) is 5.92 Å². The van der Waals surface area contributed by atoms with Crippen LogP contribution in [0.3, 0.4) is 0 Å². The summed E-state index contributed by atoms with van der Waals surface area (Å²) in [4.78, 5) is 0. The number of alkyl halides is 5. The van der Waals surface area contributed by atoms with Gasteiger partial charge in [-0.1, -0.05) is 69.2 Å². The van der Waals surface area contributed by atoms with Crippen molar-refractivity contribution in [2.24, 2.45) is 58.7 Å². The summed E-state index contributed by atoms with van der Waals surface area (Å²) in [5.74, 6) is -0.314. The van der Waals surface area contributed by atoms with Gasteiger partial charge in [0.05, 0.1) is 11.2 Å². The third-order valence-electron chi connectivity index (χ3n) is 11.7. The van der Waals surface area contributed by atoms with Gasteiger partial charge in [-0.2, -0.15) is 0 Å². The molecule has 0 aromatic heterocycles. The predicted molar refractivity (Wildman–Crippen MR) is 172 cm³/mol. The maximum atomic E-state index is 12.9. The van der Waals surface area contributed by atoms with Crippen LogP contribution in [0.1, 0.15) is 147 Å². The minimum Gasteiger partial charge on any atom is -0.390 e. The monoisotopic (exact) mass is 639 g/mol. The van der Waals surface area contributed by atoms with Gasteiger partial charge < -0.3 is 10.2 Å². The van der Waals surface area contributed by atoms with Crippen LogP contribution in [-0.4, -0.2) is 38.9 Å². The van der Waals surface area contributed by atoms with Crippen molar-refractivity contribution in [3.05, 3.63) is 0 Å². The van der Waals surface area contributed by atoms with Crippen molar-refractivity contribution in [3.8, 4) is 0 Å². The van der Waals surface area contributed by atoms with Crippen LogP contribution < -0.4 is 0 Å². The summed E-state index contributed by atoms with van der Waals surface area (Å²) in [5.41, 5.74) is -0.886. The molecule has 0 amide bonds. The molecule has 44 heavy (non-hydrogen) atoms. The smallest absolute Gasteiger partial charge is 0.251 e.